The normalized spacial score (nSPS) is 51.1. The van der Waals surface area contributed by atoms with Crippen LogP contribution in [0.4, 0.5) is 0 Å². The summed E-state index contributed by atoms with van der Waals surface area (Å²) in [6.45, 7) is 14.2. The van der Waals surface area contributed by atoms with Crippen LogP contribution in [0.3, 0.4) is 0 Å². The number of carboxylic acids is 1. The first-order chi connectivity index (χ1) is 15.4. The molecule has 5 aliphatic carbocycles. The van der Waals surface area contributed by atoms with Crippen LogP contribution in [0.2, 0.25) is 0 Å². The lowest BCUT2D eigenvalue weighted by Crippen LogP contribution is -2.57. The highest BCUT2D eigenvalue weighted by atomic mass is 16.4. The number of aliphatic hydroxyl groups excluding tert-OH is 1. The molecule has 5 rings (SSSR count). The fourth-order valence-corrected chi connectivity index (χ4v) is 11.2. The molecule has 3 heteroatoms. The standard InChI is InChI=1S/C30H48O3/c1-19(8-7-9-20(2)25(32)33)21-12-14-28(6)23-11-10-22-26(3,4)24(31)13-15-29(22)18-30(23,29)17-16-27(21,28)5/h9,19,21-24,31H,7-8,10-18H2,1-6H3,(H,32,33)/t19-,21-,22+,23+,24+,27-,28+,29-,30+/m1/s1. The van der Waals surface area contributed by atoms with Gasteiger partial charge in [0.05, 0.1) is 6.10 Å². The predicted molar refractivity (Wildman–Crippen MR) is 133 cm³/mol. The van der Waals surface area contributed by atoms with E-state index in [1.54, 1.807) is 6.92 Å². The van der Waals surface area contributed by atoms with E-state index >= 15 is 0 Å². The number of hydrogen-bond donors (Lipinski definition) is 2. The van der Waals surface area contributed by atoms with Crippen LogP contribution in [0.5, 0.6) is 0 Å². The molecule has 0 aromatic rings. The molecule has 0 heterocycles. The largest absolute Gasteiger partial charge is 0.478 e. The van der Waals surface area contributed by atoms with Gasteiger partial charge in [0.15, 0.2) is 0 Å². The van der Waals surface area contributed by atoms with Crippen molar-refractivity contribution in [2.75, 3.05) is 0 Å². The number of aliphatic carboxylic acids is 1. The van der Waals surface area contributed by atoms with Gasteiger partial charge in [-0.15, -0.1) is 0 Å². The molecule has 2 N–H and O–H groups in total. The molecule has 0 aromatic carbocycles. The molecule has 0 amide bonds. The monoisotopic (exact) mass is 456 g/mol. The Morgan fingerprint density at radius 1 is 0.939 bits per heavy atom. The van der Waals surface area contributed by atoms with E-state index in [1.165, 1.54) is 51.4 Å². The molecule has 2 spiro atoms. The van der Waals surface area contributed by atoms with Crippen molar-refractivity contribution in [3.8, 4) is 0 Å². The van der Waals surface area contributed by atoms with Crippen molar-refractivity contribution in [2.45, 2.75) is 118 Å². The van der Waals surface area contributed by atoms with Gasteiger partial charge in [0, 0.05) is 5.57 Å². The maximum atomic E-state index is 11.2. The van der Waals surface area contributed by atoms with Crippen LogP contribution in [0.15, 0.2) is 11.6 Å². The Hall–Kier alpha value is -0.830. The van der Waals surface area contributed by atoms with Crippen molar-refractivity contribution < 1.29 is 15.0 Å². The number of hydrogen-bond acceptors (Lipinski definition) is 2. The SMILES string of the molecule is CC(=CCC[C@@H](C)[C@H]1CC[C@@]2(C)[C@@H]3CC[C@H]4C(C)(C)[C@@H](O)CC[C@@]45C[C@@]35CC[C@]12C)C(=O)O. The summed E-state index contributed by atoms with van der Waals surface area (Å²) < 4.78 is 0. The Morgan fingerprint density at radius 3 is 2.30 bits per heavy atom. The van der Waals surface area contributed by atoms with E-state index in [2.05, 4.69) is 34.6 Å². The zero-order valence-electron chi connectivity index (χ0n) is 22.0. The molecule has 9 atom stereocenters. The van der Waals surface area contributed by atoms with Crippen molar-refractivity contribution in [3.05, 3.63) is 11.6 Å². The summed E-state index contributed by atoms with van der Waals surface area (Å²) in [5.41, 5.74) is 2.48. The highest BCUT2D eigenvalue weighted by Crippen LogP contribution is 2.89. The highest BCUT2D eigenvalue weighted by molar-refractivity contribution is 5.85. The molecular weight excluding hydrogens is 408 g/mol. The molecule has 0 saturated heterocycles. The van der Waals surface area contributed by atoms with Crippen LogP contribution in [0.25, 0.3) is 0 Å². The lowest BCUT2D eigenvalue weighted by Gasteiger charge is -2.63. The first-order valence-corrected chi connectivity index (χ1v) is 13.9. The van der Waals surface area contributed by atoms with E-state index < -0.39 is 5.97 Å². The molecule has 0 aliphatic heterocycles. The predicted octanol–water partition coefficient (Wildman–Crippen LogP) is 7.23. The van der Waals surface area contributed by atoms with Crippen molar-refractivity contribution >= 4 is 5.97 Å². The van der Waals surface area contributed by atoms with Crippen LogP contribution in [-0.2, 0) is 4.79 Å². The Labute approximate surface area is 201 Å². The smallest absolute Gasteiger partial charge is 0.330 e. The summed E-state index contributed by atoms with van der Waals surface area (Å²) >= 11 is 0. The van der Waals surface area contributed by atoms with E-state index in [0.29, 0.717) is 39.1 Å². The molecule has 0 aromatic heterocycles. The van der Waals surface area contributed by atoms with Gasteiger partial charge in [0.25, 0.3) is 0 Å². The molecule has 5 fully saturated rings. The minimum Gasteiger partial charge on any atom is -0.478 e. The summed E-state index contributed by atoms with van der Waals surface area (Å²) in [5.74, 6) is 2.19. The first-order valence-electron chi connectivity index (χ1n) is 13.9. The van der Waals surface area contributed by atoms with Crippen LogP contribution >= 0.6 is 0 Å². The lowest BCUT2D eigenvalue weighted by molar-refractivity contribution is -0.161. The fourth-order valence-electron chi connectivity index (χ4n) is 11.2. The van der Waals surface area contributed by atoms with E-state index in [1.807, 2.05) is 6.08 Å². The number of fused-ring (bicyclic) bond motifs is 2. The van der Waals surface area contributed by atoms with Gasteiger partial charge in [-0.05, 0) is 128 Å². The fraction of sp³-hybridized carbons (Fsp3) is 0.900. The summed E-state index contributed by atoms with van der Waals surface area (Å²) in [7, 11) is 0. The molecule has 186 valence electrons. The molecule has 5 saturated carbocycles. The van der Waals surface area contributed by atoms with Gasteiger partial charge in [-0.1, -0.05) is 40.7 Å². The molecule has 0 unspecified atom stereocenters. The zero-order valence-corrected chi connectivity index (χ0v) is 22.0. The Balaban J connectivity index is 1.37. The van der Waals surface area contributed by atoms with Crippen LogP contribution < -0.4 is 0 Å². The average molecular weight is 457 g/mol. The van der Waals surface area contributed by atoms with Gasteiger partial charge in [-0.2, -0.15) is 0 Å². The topological polar surface area (TPSA) is 57.5 Å². The van der Waals surface area contributed by atoms with E-state index in [0.717, 1.165) is 31.1 Å². The number of carboxylic acid groups (broad SMARTS) is 1. The number of carbonyl (C=O) groups is 1. The van der Waals surface area contributed by atoms with Crippen LogP contribution in [0.1, 0.15) is 112 Å². The van der Waals surface area contributed by atoms with E-state index in [-0.39, 0.29) is 11.5 Å². The second-order valence-corrected chi connectivity index (χ2v) is 14.3. The third-order valence-electron chi connectivity index (χ3n) is 13.3. The maximum Gasteiger partial charge on any atom is 0.330 e. The lowest BCUT2D eigenvalue weighted by atomic mass is 9.41. The highest BCUT2D eigenvalue weighted by Gasteiger charge is 2.82. The summed E-state index contributed by atoms with van der Waals surface area (Å²) in [4.78, 5) is 11.2. The third-order valence-corrected chi connectivity index (χ3v) is 13.3. The summed E-state index contributed by atoms with van der Waals surface area (Å²) in [6.07, 6.45) is 15.7. The quantitative estimate of drug-likeness (QED) is 0.429. The molecular formula is C30H48O3. The minimum atomic E-state index is -0.784. The molecule has 3 nitrogen and oxygen atoms in total. The van der Waals surface area contributed by atoms with Crippen molar-refractivity contribution in [2.24, 2.45) is 50.7 Å². The van der Waals surface area contributed by atoms with Gasteiger partial charge in [-0.3, -0.25) is 0 Å². The zero-order chi connectivity index (χ0) is 24.0. The first kappa shape index (κ1) is 23.9. The van der Waals surface area contributed by atoms with Crippen molar-refractivity contribution in [1.29, 1.82) is 0 Å². The molecule has 33 heavy (non-hydrogen) atoms. The van der Waals surface area contributed by atoms with Gasteiger partial charge >= 0.3 is 5.97 Å². The summed E-state index contributed by atoms with van der Waals surface area (Å²) in [6, 6.07) is 0. The minimum absolute atomic E-state index is 0.0721. The average Bonchev–Trinajstić information content (AvgIpc) is 3.33. The Kier molecular flexibility index (Phi) is 5.31. The number of rotatable bonds is 5. The molecule has 0 radical (unpaired) electrons. The van der Waals surface area contributed by atoms with Crippen molar-refractivity contribution in [1.82, 2.24) is 0 Å². The maximum absolute atomic E-state index is 11.2. The van der Waals surface area contributed by atoms with Crippen molar-refractivity contribution in [3.63, 3.8) is 0 Å². The van der Waals surface area contributed by atoms with Gasteiger partial charge < -0.3 is 10.2 Å². The van der Waals surface area contributed by atoms with Gasteiger partial charge in [0.2, 0.25) is 0 Å². The number of aliphatic hydroxyl groups is 1. The molecule has 0 bridgehead atoms. The second-order valence-electron chi connectivity index (χ2n) is 14.3. The summed E-state index contributed by atoms with van der Waals surface area (Å²) in [5, 5.41) is 20.0. The van der Waals surface area contributed by atoms with E-state index in [4.69, 9.17) is 0 Å². The van der Waals surface area contributed by atoms with Gasteiger partial charge in [-0.25, -0.2) is 4.79 Å². The third kappa shape index (κ3) is 2.93. The van der Waals surface area contributed by atoms with E-state index in [9.17, 15) is 15.0 Å². The Bertz CT molecular complexity index is 859. The van der Waals surface area contributed by atoms with Crippen LogP contribution in [0, 0.1) is 50.7 Å². The second kappa shape index (κ2) is 7.34. The molecule has 5 aliphatic rings. The number of allylic oxidation sites excluding steroid dienone is 1. The van der Waals surface area contributed by atoms with Crippen LogP contribution in [-0.4, -0.2) is 22.3 Å². The Morgan fingerprint density at radius 2 is 1.61 bits per heavy atom. The van der Waals surface area contributed by atoms with Gasteiger partial charge in [0.1, 0.15) is 0 Å².